The van der Waals surface area contributed by atoms with Gasteiger partial charge in [-0.15, -0.1) is 5.10 Å². The van der Waals surface area contributed by atoms with Crippen molar-refractivity contribution in [3.63, 3.8) is 0 Å². The Morgan fingerprint density at radius 1 is 1.60 bits per heavy atom. The number of hydrogen-bond acceptors (Lipinski definition) is 4. The Hall–Kier alpha value is -1.41. The average molecular weight is 203 g/mol. The number of aromatic nitrogens is 3. The second kappa shape index (κ2) is 2.80. The molecule has 1 atom stereocenters. The zero-order valence-electron chi connectivity index (χ0n) is 8.43. The standard InChI is InChI=1S/C10H13N5/c11-6-10(3-4-10)15-5-8(13-14-15)9(12)7-1-2-7/h5,7,9H,1-4,12H2/t9-/m0/s1. The number of nitrogens with two attached hydrogens (primary N) is 1. The summed E-state index contributed by atoms with van der Waals surface area (Å²) in [6.45, 7) is 0. The van der Waals surface area contributed by atoms with Gasteiger partial charge >= 0.3 is 0 Å². The lowest BCUT2D eigenvalue weighted by atomic mass is 10.1. The summed E-state index contributed by atoms with van der Waals surface area (Å²) >= 11 is 0. The van der Waals surface area contributed by atoms with Crippen LogP contribution in [0.25, 0.3) is 0 Å². The van der Waals surface area contributed by atoms with Gasteiger partial charge in [0.1, 0.15) is 0 Å². The third-order valence-electron chi connectivity index (χ3n) is 3.35. The van der Waals surface area contributed by atoms with Crippen LogP contribution in [-0.4, -0.2) is 15.0 Å². The molecule has 5 heteroatoms. The van der Waals surface area contributed by atoms with Crippen LogP contribution in [0.15, 0.2) is 6.20 Å². The van der Waals surface area contributed by atoms with Crippen LogP contribution >= 0.6 is 0 Å². The van der Waals surface area contributed by atoms with Crippen LogP contribution in [0.2, 0.25) is 0 Å². The number of rotatable bonds is 3. The van der Waals surface area contributed by atoms with Gasteiger partial charge in [0.25, 0.3) is 0 Å². The average Bonchev–Trinajstić information content (AvgIpc) is 3.16. The van der Waals surface area contributed by atoms with E-state index in [-0.39, 0.29) is 6.04 Å². The predicted octanol–water partition coefficient (Wildman–Crippen LogP) is 0.701. The van der Waals surface area contributed by atoms with Gasteiger partial charge in [0.05, 0.1) is 24.0 Å². The fraction of sp³-hybridized carbons (Fsp3) is 0.700. The summed E-state index contributed by atoms with van der Waals surface area (Å²) in [6.07, 6.45) is 5.99. The molecule has 0 aromatic carbocycles. The van der Waals surface area contributed by atoms with E-state index >= 15 is 0 Å². The van der Waals surface area contributed by atoms with E-state index in [0.29, 0.717) is 5.92 Å². The molecule has 1 aromatic rings. The second-order valence-corrected chi connectivity index (χ2v) is 4.59. The number of hydrogen-bond donors (Lipinski definition) is 1. The fourth-order valence-corrected chi connectivity index (χ4v) is 1.85. The molecule has 0 amide bonds. The maximum absolute atomic E-state index is 9.01. The SMILES string of the molecule is N#CC1(n2cc([C@@H](N)C3CC3)nn2)CC1. The van der Waals surface area contributed by atoms with Gasteiger partial charge in [-0.05, 0) is 31.6 Å². The Morgan fingerprint density at radius 3 is 2.87 bits per heavy atom. The summed E-state index contributed by atoms with van der Waals surface area (Å²) in [4.78, 5) is 0. The Bertz CT molecular complexity index is 421. The minimum Gasteiger partial charge on any atom is -0.322 e. The van der Waals surface area contributed by atoms with E-state index in [4.69, 9.17) is 11.0 Å². The number of nitriles is 1. The molecule has 2 aliphatic rings. The molecular weight excluding hydrogens is 190 g/mol. The molecule has 0 unspecified atom stereocenters. The topological polar surface area (TPSA) is 80.5 Å². The van der Waals surface area contributed by atoms with E-state index in [2.05, 4.69) is 16.4 Å². The van der Waals surface area contributed by atoms with Gasteiger partial charge < -0.3 is 5.73 Å². The van der Waals surface area contributed by atoms with E-state index in [1.54, 1.807) is 4.68 Å². The van der Waals surface area contributed by atoms with Gasteiger partial charge in [0.15, 0.2) is 5.54 Å². The first-order valence-corrected chi connectivity index (χ1v) is 5.35. The van der Waals surface area contributed by atoms with Gasteiger partial charge in [-0.1, -0.05) is 5.21 Å². The first kappa shape index (κ1) is 8.86. The summed E-state index contributed by atoms with van der Waals surface area (Å²) in [5, 5.41) is 17.1. The smallest absolute Gasteiger partial charge is 0.150 e. The molecule has 5 nitrogen and oxygen atoms in total. The molecule has 3 rings (SSSR count). The van der Waals surface area contributed by atoms with Crippen LogP contribution in [-0.2, 0) is 5.54 Å². The summed E-state index contributed by atoms with van der Waals surface area (Å²) in [7, 11) is 0. The monoisotopic (exact) mass is 203 g/mol. The highest BCUT2D eigenvalue weighted by atomic mass is 15.5. The third-order valence-corrected chi connectivity index (χ3v) is 3.35. The van der Waals surface area contributed by atoms with Crippen LogP contribution in [0.5, 0.6) is 0 Å². The molecule has 2 aliphatic carbocycles. The maximum Gasteiger partial charge on any atom is 0.150 e. The van der Waals surface area contributed by atoms with Gasteiger partial charge in [-0.25, -0.2) is 4.68 Å². The molecule has 1 aromatic heterocycles. The lowest BCUT2D eigenvalue weighted by molar-refractivity contribution is 0.516. The highest BCUT2D eigenvalue weighted by Gasteiger charge is 2.47. The molecule has 1 heterocycles. The molecule has 2 N–H and O–H groups in total. The summed E-state index contributed by atoms with van der Waals surface area (Å²) in [5.41, 5.74) is 6.44. The van der Waals surface area contributed by atoms with Crippen LogP contribution < -0.4 is 5.73 Å². The Labute approximate surface area is 87.9 Å². The van der Waals surface area contributed by atoms with Gasteiger partial charge in [-0.2, -0.15) is 5.26 Å². The minimum atomic E-state index is -0.408. The van der Waals surface area contributed by atoms with Gasteiger partial charge in [0.2, 0.25) is 0 Å². The first-order valence-electron chi connectivity index (χ1n) is 5.35. The van der Waals surface area contributed by atoms with Crippen molar-refractivity contribution in [1.82, 2.24) is 15.0 Å². The van der Waals surface area contributed by atoms with E-state index in [1.165, 1.54) is 12.8 Å². The van der Waals surface area contributed by atoms with E-state index in [1.807, 2.05) is 6.20 Å². The van der Waals surface area contributed by atoms with Crippen molar-refractivity contribution in [1.29, 1.82) is 5.26 Å². The third kappa shape index (κ3) is 1.33. The van der Waals surface area contributed by atoms with Crippen molar-refractivity contribution < 1.29 is 0 Å². The molecule has 0 spiro atoms. The first-order chi connectivity index (χ1) is 7.25. The van der Waals surface area contributed by atoms with Crippen molar-refractivity contribution in [3.05, 3.63) is 11.9 Å². The van der Waals surface area contributed by atoms with Crippen molar-refractivity contribution >= 4 is 0 Å². The van der Waals surface area contributed by atoms with Crippen LogP contribution in [0.4, 0.5) is 0 Å². The summed E-state index contributed by atoms with van der Waals surface area (Å²) < 4.78 is 1.69. The normalized spacial score (nSPS) is 24.5. The van der Waals surface area contributed by atoms with Crippen molar-refractivity contribution in [2.75, 3.05) is 0 Å². The zero-order valence-corrected chi connectivity index (χ0v) is 8.43. The summed E-state index contributed by atoms with van der Waals surface area (Å²) in [5.74, 6) is 0.576. The molecule has 15 heavy (non-hydrogen) atoms. The van der Waals surface area contributed by atoms with Crippen molar-refractivity contribution in [3.8, 4) is 6.07 Å². The molecule has 0 radical (unpaired) electrons. The quantitative estimate of drug-likeness (QED) is 0.784. The predicted molar refractivity (Wildman–Crippen MR) is 52.5 cm³/mol. The van der Waals surface area contributed by atoms with E-state index in [9.17, 15) is 0 Å². The fourth-order valence-electron chi connectivity index (χ4n) is 1.85. The number of nitrogens with zero attached hydrogens (tertiary/aromatic N) is 4. The molecular formula is C10H13N5. The highest BCUT2D eigenvalue weighted by molar-refractivity contribution is 5.17. The Morgan fingerprint density at radius 2 is 2.33 bits per heavy atom. The molecule has 0 aliphatic heterocycles. The Kier molecular flexibility index (Phi) is 1.65. The second-order valence-electron chi connectivity index (χ2n) is 4.59. The molecule has 2 saturated carbocycles. The van der Waals surface area contributed by atoms with Crippen molar-refractivity contribution in [2.24, 2.45) is 11.7 Å². The molecule has 78 valence electrons. The van der Waals surface area contributed by atoms with Gasteiger partial charge in [0, 0.05) is 0 Å². The molecule has 0 bridgehead atoms. The minimum absolute atomic E-state index is 0.00763. The van der Waals surface area contributed by atoms with Crippen LogP contribution in [0.1, 0.15) is 37.4 Å². The van der Waals surface area contributed by atoms with Gasteiger partial charge in [-0.3, -0.25) is 0 Å². The van der Waals surface area contributed by atoms with E-state index in [0.717, 1.165) is 18.5 Å². The lowest BCUT2D eigenvalue weighted by Crippen LogP contribution is -2.15. The zero-order chi connectivity index (χ0) is 10.5. The highest BCUT2D eigenvalue weighted by Crippen LogP contribution is 2.43. The Balaban J connectivity index is 1.85. The maximum atomic E-state index is 9.01. The van der Waals surface area contributed by atoms with Crippen LogP contribution in [0, 0.1) is 17.2 Å². The largest absolute Gasteiger partial charge is 0.322 e. The van der Waals surface area contributed by atoms with Crippen molar-refractivity contribution in [2.45, 2.75) is 37.3 Å². The molecule has 0 saturated heterocycles. The lowest BCUT2D eigenvalue weighted by Gasteiger charge is -2.05. The molecule has 2 fully saturated rings. The van der Waals surface area contributed by atoms with E-state index < -0.39 is 5.54 Å². The summed E-state index contributed by atoms with van der Waals surface area (Å²) in [6, 6.07) is 2.29. The van der Waals surface area contributed by atoms with Crippen LogP contribution in [0.3, 0.4) is 0 Å².